The zero-order valence-corrected chi connectivity index (χ0v) is 14.8. The molecule has 1 saturated heterocycles. The van der Waals surface area contributed by atoms with Gasteiger partial charge in [0.05, 0.1) is 0 Å². The smallest absolute Gasteiger partial charge is 0.254 e. The number of likely N-dealkylation sites (tertiary alicyclic amines) is 1. The number of ether oxygens (including phenoxy) is 1. The molecule has 0 aliphatic carbocycles. The number of carbonyl (C=O) groups excluding carboxylic acids is 1. The second-order valence-corrected chi connectivity index (χ2v) is 6.43. The first-order valence-corrected chi connectivity index (χ1v) is 9.01. The van der Waals surface area contributed by atoms with E-state index >= 15 is 0 Å². The Bertz CT molecular complexity index is 679. The van der Waals surface area contributed by atoms with Crippen LogP contribution < -0.4 is 10.1 Å². The quantitative estimate of drug-likeness (QED) is 0.880. The number of piperidine rings is 1. The van der Waals surface area contributed by atoms with Crippen molar-refractivity contribution < 1.29 is 9.53 Å². The predicted octanol–water partition coefficient (Wildman–Crippen LogP) is 3.13. The van der Waals surface area contributed by atoms with E-state index in [4.69, 9.17) is 4.74 Å². The molecule has 0 bridgehead atoms. The maximum Gasteiger partial charge on any atom is 0.254 e. The molecule has 25 heavy (non-hydrogen) atoms. The van der Waals surface area contributed by atoms with E-state index in [-0.39, 0.29) is 12.0 Å². The molecule has 132 valence electrons. The van der Waals surface area contributed by atoms with Gasteiger partial charge in [0.25, 0.3) is 5.91 Å². The van der Waals surface area contributed by atoms with Crippen molar-refractivity contribution in [2.24, 2.45) is 0 Å². The Morgan fingerprint density at radius 1 is 1.08 bits per heavy atom. The highest BCUT2D eigenvalue weighted by atomic mass is 16.5. The molecule has 1 aliphatic heterocycles. The van der Waals surface area contributed by atoms with E-state index in [9.17, 15) is 4.79 Å². The summed E-state index contributed by atoms with van der Waals surface area (Å²) in [6.07, 6.45) is 2.80. The van der Waals surface area contributed by atoms with Gasteiger partial charge in [0.2, 0.25) is 0 Å². The fourth-order valence-corrected chi connectivity index (χ4v) is 3.25. The van der Waals surface area contributed by atoms with Crippen molar-refractivity contribution >= 4 is 5.91 Å². The summed E-state index contributed by atoms with van der Waals surface area (Å²) in [5, 5.41) is 3.15. The van der Waals surface area contributed by atoms with Crippen molar-refractivity contribution in [2.75, 3.05) is 26.7 Å². The van der Waals surface area contributed by atoms with Crippen LogP contribution in [0.4, 0.5) is 0 Å². The molecule has 1 N–H and O–H groups in total. The van der Waals surface area contributed by atoms with Gasteiger partial charge in [0, 0.05) is 31.5 Å². The third-order valence-electron chi connectivity index (χ3n) is 4.67. The Hall–Kier alpha value is -2.33. The summed E-state index contributed by atoms with van der Waals surface area (Å²) in [5.74, 6) is 1.05. The Kier molecular flexibility index (Phi) is 6.07. The fraction of sp³-hybridized carbons (Fsp3) is 0.381. The first kappa shape index (κ1) is 17.5. The number of benzene rings is 2. The first-order chi connectivity index (χ1) is 12.3. The summed E-state index contributed by atoms with van der Waals surface area (Å²) >= 11 is 0. The van der Waals surface area contributed by atoms with E-state index in [2.05, 4.69) is 11.4 Å². The molecule has 1 heterocycles. The van der Waals surface area contributed by atoms with Crippen LogP contribution in [0.2, 0.25) is 0 Å². The minimum absolute atomic E-state index is 0.143. The average molecular weight is 338 g/mol. The zero-order chi connectivity index (χ0) is 17.5. The Balaban J connectivity index is 1.58. The lowest BCUT2D eigenvalue weighted by molar-refractivity contribution is 0.0594. The molecule has 0 spiro atoms. The SMILES string of the molecule is CNCCc1ccccc1C(=O)N1CCC(Oc2ccccc2)CC1. The number of hydrogen-bond acceptors (Lipinski definition) is 3. The van der Waals surface area contributed by atoms with Crippen molar-refractivity contribution in [3.63, 3.8) is 0 Å². The molecule has 1 fully saturated rings. The number of amides is 1. The second-order valence-electron chi connectivity index (χ2n) is 6.43. The van der Waals surface area contributed by atoms with E-state index in [1.165, 1.54) is 0 Å². The lowest BCUT2D eigenvalue weighted by Crippen LogP contribution is -2.42. The van der Waals surface area contributed by atoms with Crippen LogP contribution in [0.1, 0.15) is 28.8 Å². The highest BCUT2D eigenvalue weighted by molar-refractivity contribution is 5.95. The van der Waals surface area contributed by atoms with Crippen LogP contribution in [0.15, 0.2) is 54.6 Å². The van der Waals surface area contributed by atoms with Crippen molar-refractivity contribution in [1.29, 1.82) is 0 Å². The highest BCUT2D eigenvalue weighted by Gasteiger charge is 2.25. The van der Waals surface area contributed by atoms with E-state index in [1.54, 1.807) is 0 Å². The van der Waals surface area contributed by atoms with Crippen LogP contribution >= 0.6 is 0 Å². The van der Waals surface area contributed by atoms with Crippen LogP contribution in [-0.4, -0.2) is 43.6 Å². The maximum absolute atomic E-state index is 12.9. The van der Waals surface area contributed by atoms with Gasteiger partial charge in [-0.15, -0.1) is 0 Å². The molecule has 1 amide bonds. The number of likely N-dealkylation sites (N-methyl/N-ethyl adjacent to an activating group) is 1. The van der Waals surface area contributed by atoms with E-state index in [1.807, 2.05) is 60.5 Å². The molecular formula is C21H26N2O2. The van der Waals surface area contributed by atoms with Gasteiger partial charge in [-0.05, 0) is 43.8 Å². The standard InChI is InChI=1S/C21H26N2O2/c1-22-14-11-17-7-5-6-10-20(17)21(24)23-15-12-19(13-16-23)25-18-8-3-2-4-9-18/h2-10,19,22H,11-16H2,1H3. The molecule has 0 aromatic heterocycles. The number of nitrogens with one attached hydrogen (secondary N) is 1. The summed E-state index contributed by atoms with van der Waals surface area (Å²) in [5.41, 5.74) is 1.95. The first-order valence-electron chi connectivity index (χ1n) is 9.01. The summed E-state index contributed by atoms with van der Waals surface area (Å²) in [7, 11) is 1.93. The van der Waals surface area contributed by atoms with E-state index < -0.39 is 0 Å². The Morgan fingerprint density at radius 3 is 2.48 bits per heavy atom. The molecule has 0 saturated carbocycles. The van der Waals surface area contributed by atoms with Crippen LogP contribution in [0, 0.1) is 0 Å². The molecule has 4 heteroatoms. The molecule has 0 atom stereocenters. The normalized spacial score (nSPS) is 15.2. The maximum atomic E-state index is 12.9. The van der Waals surface area contributed by atoms with Crippen molar-refractivity contribution in [2.45, 2.75) is 25.4 Å². The van der Waals surface area contributed by atoms with Gasteiger partial charge in [0.1, 0.15) is 11.9 Å². The average Bonchev–Trinajstić information content (AvgIpc) is 2.67. The predicted molar refractivity (Wildman–Crippen MR) is 100 cm³/mol. The lowest BCUT2D eigenvalue weighted by Gasteiger charge is -2.32. The molecule has 0 radical (unpaired) electrons. The van der Waals surface area contributed by atoms with Gasteiger partial charge in [-0.1, -0.05) is 36.4 Å². The van der Waals surface area contributed by atoms with Gasteiger partial charge in [-0.2, -0.15) is 0 Å². The monoisotopic (exact) mass is 338 g/mol. The fourth-order valence-electron chi connectivity index (χ4n) is 3.25. The Morgan fingerprint density at radius 2 is 1.76 bits per heavy atom. The van der Waals surface area contributed by atoms with Crippen LogP contribution in [0.25, 0.3) is 0 Å². The molecular weight excluding hydrogens is 312 g/mol. The van der Waals surface area contributed by atoms with Gasteiger partial charge >= 0.3 is 0 Å². The van der Waals surface area contributed by atoms with Crippen molar-refractivity contribution in [3.8, 4) is 5.75 Å². The second kappa shape index (κ2) is 8.67. The lowest BCUT2D eigenvalue weighted by atomic mass is 10.0. The molecule has 1 aliphatic rings. The third kappa shape index (κ3) is 4.60. The zero-order valence-electron chi connectivity index (χ0n) is 14.8. The van der Waals surface area contributed by atoms with Gasteiger partial charge in [0.15, 0.2) is 0 Å². The summed E-state index contributed by atoms with van der Waals surface area (Å²) in [6, 6.07) is 17.9. The number of hydrogen-bond donors (Lipinski definition) is 1. The topological polar surface area (TPSA) is 41.6 Å². The number of para-hydroxylation sites is 1. The van der Waals surface area contributed by atoms with Crippen molar-refractivity contribution in [3.05, 3.63) is 65.7 Å². The van der Waals surface area contributed by atoms with Gasteiger partial charge in [-0.25, -0.2) is 0 Å². The highest BCUT2D eigenvalue weighted by Crippen LogP contribution is 2.21. The molecule has 2 aromatic carbocycles. The summed E-state index contributed by atoms with van der Waals surface area (Å²) in [6.45, 7) is 2.37. The van der Waals surface area contributed by atoms with Crippen LogP contribution in [0.5, 0.6) is 5.75 Å². The van der Waals surface area contributed by atoms with Crippen LogP contribution in [0.3, 0.4) is 0 Å². The number of carbonyl (C=O) groups is 1. The molecule has 0 unspecified atom stereocenters. The van der Waals surface area contributed by atoms with E-state index in [0.717, 1.165) is 55.8 Å². The minimum atomic E-state index is 0.143. The third-order valence-corrected chi connectivity index (χ3v) is 4.67. The number of nitrogens with zero attached hydrogens (tertiary/aromatic N) is 1. The largest absolute Gasteiger partial charge is 0.490 e. The molecule has 4 nitrogen and oxygen atoms in total. The Labute approximate surface area is 149 Å². The number of rotatable bonds is 6. The van der Waals surface area contributed by atoms with E-state index in [0.29, 0.717) is 0 Å². The molecule has 3 rings (SSSR count). The summed E-state index contributed by atoms with van der Waals surface area (Å²) < 4.78 is 6.02. The minimum Gasteiger partial charge on any atom is -0.490 e. The van der Waals surface area contributed by atoms with Crippen LogP contribution in [-0.2, 0) is 6.42 Å². The molecule has 2 aromatic rings. The van der Waals surface area contributed by atoms with Crippen molar-refractivity contribution in [1.82, 2.24) is 10.2 Å². The summed E-state index contributed by atoms with van der Waals surface area (Å²) in [4.78, 5) is 14.9. The van der Waals surface area contributed by atoms with Gasteiger partial charge in [-0.3, -0.25) is 4.79 Å². The van der Waals surface area contributed by atoms with Gasteiger partial charge < -0.3 is 15.0 Å².